The number of hydrogen-bond donors (Lipinski definition) is 0. The minimum absolute atomic E-state index is 0.312. The van der Waals surface area contributed by atoms with Gasteiger partial charge in [0.05, 0.1) is 0 Å². The number of carbonyl (C=O) groups excluding carboxylic acids is 1. The second kappa shape index (κ2) is 7.94. The molecule has 0 amide bonds. The third-order valence-corrected chi connectivity index (χ3v) is 2.87. The molecule has 1 unspecified atom stereocenters. The van der Waals surface area contributed by atoms with E-state index < -0.39 is 6.10 Å². The molecule has 0 heterocycles. The molecular weight excluding hydrogens is 292 g/mol. The highest BCUT2D eigenvalue weighted by Crippen LogP contribution is 2.19. The maximum absolute atomic E-state index is 11.1. The maximum atomic E-state index is 11.1. The quantitative estimate of drug-likeness (QED) is 0.472. The largest absolute Gasteiger partial charge is 0.444 e. The molecule has 0 saturated carbocycles. The molecule has 0 aliphatic heterocycles. The van der Waals surface area contributed by atoms with Gasteiger partial charge in [-0.3, -0.25) is 4.79 Å². The van der Waals surface area contributed by atoms with Crippen molar-refractivity contribution in [1.82, 2.24) is 0 Å². The van der Waals surface area contributed by atoms with Crippen molar-refractivity contribution >= 4 is 21.9 Å². The fraction of sp³-hybridized carbons (Fsp3) is 0.400. The number of halogens is 1. The lowest BCUT2D eigenvalue weighted by Gasteiger charge is -2.11. The van der Waals surface area contributed by atoms with Gasteiger partial charge in [-0.25, -0.2) is 0 Å². The second-order valence-corrected chi connectivity index (χ2v) is 4.88. The first-order chi connectivity index (χ1) is 8.63. The summed E-state index contributed by atoms with van der Waals surface area (Å²) in [6, 6.07) is 7.65. The minimum atomic E-state index is -0.465. The molecule has 0 fully saturated rings. The van der Waals surface area contributed by atoms with Crippen molar-refractivity contribution in [3.8, 4) is 11.8 Å². The Morgan fingerprint density at radius 1 is 1.39 bits per heavy atom. The van der Waals surface area contributed by atoms with Crippen LogP contribution >= 0.6 is 15.9 Å². The van der Waals surface area contributed by atoms with E-state index in [1.54, 1.807) is 0 Å². The van der Waals surface area contributed by atoms with Crippen LogP contribution < -0.4 is 0 Å². The molecule has 1 aromatic rings. The highest BCUT2D eigenvalue weighted by atomic mass is 79.9. The Morgan fingerprint density at radius 2 is 2.06 bits per heavy atom. The van der Waals surface area contributed by atoms with E-state index in [9.17, 15) is 4.79 Å². The highest BCUT2D eigenvalue weighted by Gasteiger charge is 2.11. The van der Waals surface area contributed by atoms with Crippen molar-refractivity contribution in [2.45, 2.75) is 39.2 Å². The van der Waals surface area contributed by atoms with E-state index in [0.29, 0.717) is 0 Å². The Kier molecular flexibility index (Phi) is 6.53. The average molecular weight is 309 g/mol. The number of hydrogen-bond acceptors (Lipinski definition) is 2. The smallest absolute Gasteiger partial charge is 0.304 e. The predicted molar refractivity (Wildman–Crippen MR) is 76.0 cm³/mol. The van der Waals surface area contributed by atoms with Crippen LogP contribution in [0.25, 0.3) is 0 Å². The number of rotatable bonds is 4. The van der Waals surface area contributed by atoms with Gasteiger partial charge in [0.1, 0.15) is 0 Å². The van der Waals surface area contributed by atoms with Gasteiger partial charge in [0.25, 0.3) is 0 Å². The van der Waals surface area contributed by atoms with E-state index >= 15 is 0 Å². The number of ether oxygens (including phenoxy) is 1. The van der Waals surface area contributed by atoms with Crippen molar-refractivity contribution in [3.05, 3.63) is 34.3 Å². The van der Waals surface area contributed by atoms with Crippen LogP contribution in [0.1, 0.15) is 44.8 Å². The normalized spacial score (nSPS) is 11.3. The van der Waals surface area contributed by atoms with Crippen LogP contribution in [-0.4, -0.2) is 5.97 Å². The van der Waals surface area contributed by atoms with Crippen molar-refractivity contribution < 1.29 is 9.53 Å². The maximum Gasteiger partial charge on any atom is 0.304 e. The molecule has 0 bridgehead atoms. The van der Waals surface area contributed by atoms with E-state index in [-0.39, 0.29) is 5.97 Å². The fourth-order valence-corrected chi connectivity index (χ4v) is 1.68. The lowest BCUT2D eigenvalue weighted by atomic mass is 10.1. The topological polar surface area (TPSA) is 26.3 Å². The van der Waals surface area contributed by atoms with Crippen molar-refractivity contribution in [1.29, 1.82) is 0 Å². The van der Waals surface area contributed by atoms with Crippen LogP contribution in [-0.2, 0) is 9.53 Å². The number of benzene rings is 1. The molecule has 18 heavy (non-hydrogen) atoms. The molecule has 1 aromatic carbocycles. The molecule has 0 saturated heterocycles. The first-order valence-electron chi connectivity index (χ1n) is 6.04. The Balaban J connectivity index is 2.79. The van der Waals surface area contributed by atoms with Gasteiger partial charge in [-0.05, 0) is 18.6 Å². The number of unbranched alkanes of at least 4 members (excludes halogenated alkanes) is 2. The summed E-state index contributed by atoms with van der Waals surface area (Å²) < 4.78 is 6.22. The van der Waals surface area contributed by atoms with Crippen molar-refractivity contribution in [3.63, 3.8) is 0 Å². The van der Waals surface area contributed by atoms with Crippen LogP contribution in [0, 0.1) is 11.8 Å². The lowest BCUT2D eigenvalue weighted by Crippen LogP contribution is -2.06. The summed E-state index contributed by atoms with van der Waals surface area (Å²) in [6.45, 7) is 3.53. The van der Waals surface area contributed by atoms with Gasteiger partial charge in [-0.15, -0.1) is 0 Å². The molecule has 0 aromatic heterocycles. The zero-order valence-corrected chi connectivity index (χ0v) is 12.3. The SMILES string of the molecule is CCCCC#CC(OC(C)=O)c1ccc(Br)cc1. The summed E-state index contributed by atoms with van der Waals surface area (Å²) in [5.41, 5.74) is 0.900. The third-order valence-electron chi connectivity index (χ3n) is 2.35. The van der Waals surface area contributed by atoms with Gasteiger partial charge in [-0.2, -0.15) is 0 Å². The molecule has 96 valence electrons. The third kappa shape index (κ3) is 5.37. The van der Waals surface area contributed by atoms with Gasteiger partial charge >= 0.3 is 5.97 Å². The first kappa shape index (κ1) is 14.8. The van der Waals surface area contributed by atoms with E-state index in [1.165, 1.54) is 6.92 Å². The highest BCUT2D eigenvalue weighted by molar-refractivity contribution is 9.10. The zero-order valence-electron chi connectivity index (χ0n) is 10.7. The molecule has 0 aliphatic rings. The zero-order chi connectivity index (χ0) is 13.4. The Hall–Kier alpha value is -1.27. The van der Waals surface area contributed by atoms with Crippen LogP contribution in [0.3, 0.4) is 0 Å². The van der Waals surface area contributed by atoms with Crippen molar-refractivity contribution in [2.24, 2.45) is 0 Å². The Labute approximate surface area is 117 Å². The van der Waals surface area contributed by atoms with Gasteiger partial charge in [-0.1, -0.05) is 53.2 Å². The molecule has 0 N–H and O–H groups in total. The molecule has 0 aliphatic carbocycles. The van der Waals surface area contributed by atoms with Gasteiger partial charge in [0.2, 0.25) is 0 Å². The van der Waals surface area contributed by atoms with Crippen molar-refractivity contribution in [2.75, 3.05) is 0 Å². The van der Waals surface area contributed by atoms with Gasteiger partial charge < -0.3 is 4.74 Å². The summed E-state index contributed by atoms with van der Waals surface area (Å²) in [5, 5.41) is 0. The second-order valence-electron chi connectivity index (χ2n) is 3.97. The van der Waals surface area contributed by atoms with E-state index in [0.717, 1.165) is 29.3 Å². The molecule has 1 atom stereocenters. The molecule has 3 heteroatoms. The fourth-order valence-electron chi connectivity index (χ4n) is 1.41. The van der Waals surface area contributed by atoms with E-state index in [4.69, 9.17) is 4.74 Å². The summed E-state index contributed by atoms with van der Waals surface area (Å²) in [7, 11) is 0. The van der Waals surface area contributed by atoms with Crippen LogP contribution in [0.4, 0.5) is 0 Å². The minimum Gasteiger partial charge on any atom is -0.444 e. The Bertz CT molecular complexity index is 440. The molecule has 0 radical (unpaired) electrons. The standard InChI is InChI=1S/C15H17BrO2/c1-3-4-5-6-7-15(18-12(2)17)13-8-10-14(16)11-9-13/h8-11,15H,3-5H2,1-2H3. The van der Waals surface area contributed by atoms with Crippen LogP contribution in [0.2, 0.25) is 0 Å². The monoisotopic (exact) mass is 308 g/mol. The molecular formula is C15H17BrO2. The predicted octanol–water partition coefficient (Wildman–Crippen LogP) is 4.25. The summed E-state index contributed by atoms with van der Waals surface area (Å²) in [4.78, 5) is 11.1. The lowest BCUT2D eigenvalue weighted by molar-refractivity contribution is -0.144. The first-order valence-corrected chi connectivity index (χ1v) is 6.84. The average Bonchev–Trinajstić information content (AvgIpc) is 2.34. The molecule has 1 rings (SSSR count). The molecule has 0 spiro atoms. The summed E-state index contributed by atoms with van der Waals surface area (Å²) >= 11 is 3.37. The van der Waals surface area contributed by atoms with E-state index in [1.807, 2.05) is 24.3 Å². The van der Waals surface area contributed by atoms with Crippen LogP contribution in [0.15, 0.2) is 28.7 Å². The Morgan fingerprint density at radius 3 is 2.61 bits per heavy atom. The number of carbonyl (C=O) groups is 1. The van der Waals surface area contributed by atoms with Gasteiger partial charge in [0, 0.05) is 23.4 Å². The summed E-state index contributed by atoms with van der Waals surface area (Å²) in [5.74, 6) is 5.77. The summed E-state index contributed by atoms with van der Waals surface area (Å²) in [6.07, 6.45) is 2.56. The van der Waals surface area contributed by atoms with Gasteiger partial charge in [0.15, 0.2) is 6.10 Å². The van der Waals surface area contributed by atoms with E-state index in [2.05, 4.69) is 34.7 Å². The number of esters is 1. The molecule has 2 nitrogen and oxygen atoms in total. The van der Waals surface area contributed by atoms with Crippen LogP contribution in [0.5, 0.6) is 0 Å².